The summed E-state index contributed by atoms with van der Waals surface area (Å²) in [6.45, 7) is 26.2. The molecular weight excluding hydrogens is 1100 g/mol. The molecule has 9 heterocycles. The number of amides is 2. The van der Waals surface area contributed by atoms with E-state index in [0.717, 1.165) is 142 Å². The Labute approximate surface area is 503 Å². The molecule has 2 N–H and O–H groups in total. The monoisotopic (exact) mass is 1180 g/mol. The van der Waals surface area contributed by atoms with Crippen molar-refractivity contribution in [3.63, 3.8) is 0 Å². The largest absolute Gasteiger partial charge is 0.497 e. The van der Waals surface area contributed by atoms with Gasteiger partial charge >= 0.3 is 7.12 Å². The fourth-order valence-electron chi connectivity index (χ4n) is 12.9. The van der Waals surface area contributed by atoms with Gasteiger partial charge in [-0.15, -0.1) is 0 Å². The van der Waals surface area contributed by atoms with E-state index in [1.54, 1.807) is 18.2 Å². The lowest BCUT2D eigenvalue weighted by Crippen LogP contribution is -2.56. The third-order valence-corrected chi connectivity index (χ3v) is 19.7. The van der Waals surface area contributed by atoms with Crippen molar-refractivity contribution in [2.75, 3.05) is 102 Å². The molecule has 9 fully saturated rings. The summed E-state index contributed by atoms with van der Waals surface area (Å²) < 4.78 is 70.2. The molecule has 458 valence electrons. The van der Waals surface area contributed by atoms with Gasteiger partial charge in [-0.25, -0.2) is 18.7 Å². The van der Waals surface area contributed by atoms with Gasteiger partial charge in [-0.1, -0.05) is 6.07 Å². The van der Waals surface area contributed by atoms with E-state index in [-0.39, 0.29) is 47.5 Å². The molecule has 2 amide bonds. The second kappa shape index (κ2) is 24.0. The van der Waals surface area contributed by atoms with E-state index in [2.05, 4.69) is 75.3 Å². The molecular formula is C65H83BF2N10O8. The van der Waals surface area contributed by atoms with Gasteiger partial charge in [-0.05, 0) is 140 Å². The van der Waals surface area contributed by atoms with Crippen molar-refractivity contribution < 1.29 is 46.6 Å². The van der Waals surface area contributed by atoms with Crippen LogP contribution in [-0.2, 0) is 28.4 Å². The number of nitrogens with zero attached hydrogens (tertiary/aromatic N) is 8. The molecule has 4 atom stereocenters. The van der Waals surface area contributed by atoms with Gasteiger partial charge in [0.2, 0.25) is 11.8 Å². The van der Waals surface area contributed by atoms with Crippen LogP contribution in [0.3, 0.4) is 0 Å². The van der Waals surface area contributed by atoms with E-state index in [4.69, 9.17) is 28.3 Å². The Kier molecular flexibility index (Phi) is 16.3. The van der Waals surface area contributed by atoms with Crippen molar-refractivity contribution in [3.8, 4) is 22.6 Å². The van der Waals surface area contributed by atoms with Crippen LogP contribution in [0.25, 0.3) is 33.2 Å². The molecule has 2 aromatic heterocycles. The molecule has 7 aliphatic heterocycles. The van der Waals surface area contributed by atoms with E-state index in [1.165, 1.54) is 12.8 Å². The Morgan fingerprint density at radius 1 is 0.593 bits per heavy atom. The standard InChI is InChI=1S/C29H34FN5O3.C19H28BFN2O3.C17H21N3O2/c1-18(20-12-28(36)31-14-20)38-27-11-19(10-26-29(27)35(17-32-26)21-2-3-21)24-5-4-22(13-25(24)30)33-6-8-34(9-7-33)23-15-37-16-23;1-18(2)19(3,4)26-20(25-18)16-6-5-14(11-17(16)21)22-7-9-23(10-8-22)15-12-24-13-15;1-10-5-14-17(20(9-19-14)13-3-4-13)15(6-10)22-11(2)12-7-16(21)18-8-12/h4-5,10-11,13,17-18,20-21,23H,2-3,6-9,12,14-16H2,1H3,(H,31,36);5-6,11,15H,7-10,12-13H2,1-4H3;5-6,9,11-13H,3-4,7-8H2,1-2H3,(H,18,21)/t18-,20-;;11-,12-/m1.1/s1. The highest BCUT2D eigenvalue weighted by Crippen LogP contribution is 2.44. The maximum Gasteiger partial charge on any atom is 0.497 e. The molecule has 0 bridgehead atoms. The average Bonchev–Trinajstić information content (AvgIpc) is 2.92. The fourth-order valence-corrected chi connectivity index (χ4v) is 12.9. The predicted octanol–water partition coefficient (Wildman–Crippen LogP) is 7.83. The summed E-state index contributed by atoms with van der Waals surface area (Å²) in [7, 11) is -0.662. The van der Waals surface area contributed by atoms with Crippen LogP contribution in [0.1, 0.15) is 97.7 Å². The number of ether oxygens (including phenoxy) is 4. The van der Waals surface area contributed by atoms with Gasteiger partial charge in [0.05, 0.1) is 73.4 Å². The Morgan fingerprint density at radius 3 is 1.49 bits per heavy atom. The molecule has 18 nitrogen and oxygen atoms in total. The SMILES string of the molecule is CC1(C)OB(c2ccc(N3CCN(C4COC4)CC3)cc2F)OC1(C)C.C[C@@H](Oc1cc(-c2ccc(N3CCN(C4COC4)CC3)cc2F)cc2ncn(C3CC3)c12)[C@H]1CNC(=O)C1.Cc1cc(O[C@H](C)[C@H]2CNC(=O)C2)c2c(c1)ncn2C1CC1. The van der Waals surface area contributed by atoms with Gasteiger partial charge in [-0.2, -0.15) is 0 Å². The lowest BCUT2D eigenvalue weighted by molar-refractivity contribution is -0.120. The van der Waals surface area contributed by atoms with Crippen molar-refractivity contribution >= 4 is 57.8 Å². The highest BCUT2D eigenvalue weighted by molar-refractivity contribution is 6.62. The van der Waals surface area contributed by atoms with Gasteiger partial charge in [0.15, 0.2) is 0 Å². The third-order valence-electron chi connectivity index (χ3n) is 19.7. The van der Waals surface area contributed by atoms with Crippen molar-refractivity contribution in [2.45, 2.75) is 135 Å². The zero-order chi connectivity index (χ0) is 59.6. The summed E-state index contributed by atoms with van der Waals surface area (Å²) in [5, 5.41) is 5.78. The molecule has 21 heteroatoms. The number of hydrogen-bond donors (Lipinski definition) is 2. The molecule has 0 unspecified atom stereocenters. The van der Waals surface area contributed by atoms with Crippen LogP contribution in [0.5, 0.6) is 11.5 Å². The summed E-state index contributed by atoms with van der Waals surface area (Å²) in [5.74, 6) is 1.61. The van der Waals surface area contributed by atoms with Gasteiger partial charge < -0.3 is 57.8 Å². The fraction of sp³-hybridized carbons (Fsp3) is 0.569. The number of aromatic nitrogens is 4. The van der Waals surface area contributed by atoms with Crippen molar-refractivity contribution in [1.82, 2.24) is 39.5 Å². The van der Waals surface area contributed by atoms with E-state index < -0.39 is 18.3 Å². The molecule has 15 rings (SSSR count). The van der Waals surface area contributed by atoms with Crippen molar-refractivity contribution in [3.05, 3.63) is 90.5 Å². The molecule has 2 saturated carbocycles. The number of aryl methyl sites for hydroxylation is 1. The first-order valence-electron chi connectivity index (χ1n) is 31.3. The van der Waals surface area contributed by atoms with E-state index >= 15 is 4.39 Å². The molecule has 86 heavy (non-hydrogen) atoms. The normalized spacial score (nSPS) is 24.1. The topological polar surface area (TPSA) is 162 Å². The molecule has 4 aromatic carbocycles. The number of carbonyl (C=O) groups is 2. The number of nitrogens with one attached hydrogen (secondary N) is 2. The zero-order valence-electron chi connectivity index (χ0n) is 50.9. The third kappa shape index (κ3) is 12.3. The summed E-state index contributed by atoms with van der Waals surface area (Å²) in [4.78, 5) is 41.8. The number of halogens is 2. The molecule has 0 spiro atoms. The van der Waals surface area contributed by atoms with E-state index in [9.17, 15) is 14.0 Å². The second-order valence-corrected chi connectivity index (χ2v) is 26.3. The minimum atomic E-state index is -0.662. The number of piperazine rings is 2. The summed E-state index contributed by atoms with van der Waals surface area (Å²) in [6, 6.07) is 21.2. The molecule has 9 aliphatic rings. The lowest BCUT2D eigenvalue weighted by Gasteiger charge is -2.43. The summed E-state index contributed by atoms with van der Waals surface area (Å²) >= 11 is 0. The van der Waals surface area contributed by atoms with Crippen LogP contribution in [0.2, 0.25) is 0 Å². The van der Waals surface area contributed by atoms with Gasteiger partial charge in [-0.3, -0.25) is 19.4 Å². The number of carbonyl (C=O) groups excluding carboxylic acids is 2. The quantitative estimate of drug-likeness (QED) is 0.102. The number of imidazole rings is 2. The van der Waals surface area contributed by atoms with E-state index in [0.29, 0.717) is 66.9 Å². The Morgan fingerprint density at radius 2 is 1.06 bits per heavy atom. The Hall–Kier alpha value is -6.36. The number of fused-ring (bicyclic) bond motifs is 2. The molecule has 7 saturated heterocycles. The van der Waals surface area contributed by atoms with Gasteiger partial charge in [0, 0.05) is 125 Å². The molecule has 6 aromatic rings. The minimum absolute atomic E-state index is 0.00602. The van der Waals surface area contributed by atoms with E-state index in [1.807, 2.05) is 77.6 Å². The summed E-state index contributed by atoms with van der Waals surface area (Å²) in [6.07, 6.45) is 9.36. The van der Waals surface area contributed by atoms with Crippen LogP contribution >= 0.6 is 0 Å². The van der Waals surface area contributed by atoms with Gasteiger partial charge in [0.1, 0.15) is 46.4 Å². The number of benzene rings is 4. The molecule has 2 aliphatic carbocycles. The second-order valence-electron chi connectivity index (χ2n) is 26.3. The zero-order valence-corrected chi connectivity index (χ0v) is 50.9. The van der Waals surface area contributed by atoms with Crippen LogP contribution in [0.4, 0.5) is 20.2 Å². The minimum Gasteiger partial charge on any atom is -0.488 e. The van der Waals surface area contributed by atoms with Crippen LogP contribution in [0, 0.1) is 30.4 Å². The number of hydrogen-bond acceptors (Lipinski definition) is 14. The maximum atomic E-state index is 15.6. The highest BCUT2D eigenvalue weighted by atomic mass is 19.1. The smallest absolute Gasteiger partial charge is 0.488 e. The first kappa shape index (κ1) is 58.7. The average molecular weight is 1180 g/mol. The highest BCUT2D eigenvalue weighted by Gasteiger charge is 2.52. The molecule has 0 radical (unpaired) electrons. The number of anilines is 2. The van der Waals surface area contributed by atoms with Crippen molar-refractivity contribution in [2.24, 2.45) is 11.8 Å². The van der Waals surface area contributed by atoms with Crippen LogP contribution in [-0.4, -0.2) is 175 Å². The Balaban J connectivity index is 0.000000125. The van der Waals surface area contributed by atoms with Crippen LogP contribution in [0.15, 0.2) is 73.3 Å². The first-order valence-corrected chi connectivity index (χ1v) is 31.3. The first-order chi connectivity index (χ1) is 41.4. The number of rotatable bonds is 14. The summed E-state index contributed by atoms with van der Waals surface area (Å²) in [5.41, 5.74) is 7.65. The van der Waals surface area contributed by atoms with Crippen LogP contribution < -0.4 is 35.4 Å². The maximum absolute atomic E-state index is 15.6. The van der Waals surface area contributed by atoms with Crippen molar-refractivity contribution in [1.29, 1.82) is 0 Å². The lowest BCUT2D eigenvalue weighted by atomic mass is 9.78. The van der Waals surface area contributed by atoms with Gasteiger partial charge in [0.25, 0.3) is 0 Å². The Bertz CT molecular complexity index is 3440. The predicted molar refractivity (Wildman–Crippen MR) is 327 cm³/mol.